The van der Waals surface area contributed by atoms with Crippen LogP contribution in [0.1, 0.15) is 41.9 Å². The molecule has 1 aromatic carbocycles. The topological polar surface area (TPSA) is 57.3 Å². The fourth-order valence-corrected chi connectivity index (χ4v) is 5.06. The number of carbonyl (C=O) groups excluding carboxylic acids is 1. The van der Waals surface area contributed by atoms with E-state index in [-0.39, 0.29) is 36.8 Å². The number of thiazole rings is 1. The highest BCUT2D eigenvalue weighted by atomic mass is 35.5. The van der Waals surface area contributed by atoms with Crippen LogP contribution in [0, 0.1) is 5.92 Å². The minimum Gasteiger partial charge on any atom is -0.354 e. The van der Waals surface area contributed by atoms with Crippen LogP contribution >= 0.6 is 36.2 Å². The van der Waals surface area contributed by atoms with Crippen LogP contribution < -0.4 is 10.6 Å². The molecule has 1 amide bonds. The predicted molar refractivity (Wildman–Crippen MR) is 128 cm³/mol. The third-order valence-electron chi connectivity index (χ3n) is 5.73. The Morgan fingerprint density at radius 1 is 1.20 bits per heavy atom. The summed E-state index contributed by atoms with van der Waals surface area (Å²) in [7, 11) is 0. The van der Waals surface area contributed by atoms with E-state index >= 15 is 0 Å². The molecule has 0 spiro atoms. The van der Waals surface area contributed by atoms with Crippen molar-refractivity contribution in [2.45, 2.75) is 44.7 Å². The molecule has 0 aliphatic carbocycles. The van der Waals surface area contributed by atoms with Crippen molar-refractivity contribution in [2.24, 2.45) is 5.92 Å². The number of amides is 1. The molecule has 1 aromatic heterocycles. The van der Waals surface area contributed by atoms with Gasteiger partial charge in [0.1, 0.15) is 0 Å². The van der Waals surface area contributed by atoms with Crippen LogP contribution in [-0.4, -0.2) is 48.0 Å². The maximum atomic E-state index is 12.2. The normalized spacial score (nSPS) is 21.5. The number of halogens is 2. The number of hydrogen-bond acceptors (Lipinski definition) is 5. The van der Waals surface area contributed by atoms with Gasteiger partial charge in [-0.05, 0) is 50.3 Å². The van der Waals surface area contributed by atoms with Crippen LogP contribution in [0.25, 0.3) is 0 Å². The monoisotopic (exact) mass is 470 g/mol. The van der Waals surface area contributed by atoms with Gasteiger partial charge in [-0.2, -0.15) is 0 Å². The Hall–Kier alpha value is -1.18. The van der Waals surface area contributed by atoms with Gasteiger partial charge in [-0.15, -0.1) is 36.2 Å². The first-order valence-corrected chi connectivity index (χ1v) is 11.3. The summed E-state index contributed by atoms with van der Waals surface area (Å²) in [5.41, 5.74) is 2.49. The van der Waals surface area contributed by atoms with E-state index in [2.05, 4.69) is 51.2 Å². The molecular weight excluding hydrogens is 439 g/mol. The molecule has 2 saturated heterocycles. The van der Waals surface area contributed by atoms with Gasteiger partial charge in [0.2, 0.25) is 5.91 Å². The van der Waals surface area contributed by atoms with Gasteiger partial charge in [0.25, 0.3) is 0 Å². The zero-order valence-electron chi connectivity index (χ0n) is 17.2. The molecule has 2 fully saturated rings. The number of nitrogens with one attached hydrogen (secondary N) is 2. The SMILES string of the molecule is Cl.Cl.O=C(NCC1CCCN(Cc2csc(Cc3ccccc3)n2)C1)C1CCCN1. The molecule has 0 radical (unpaired) electrons. The van der Waals surface area contributed by atoms with Crippen LogP contribution in [0.15, 0.2) is 35.7 Å². The van der Waals surface area contributed by atoms with Gasteiger partial charge in [0, 0.05) is 31.4 Å². The van der Waals surface area contributed by atoms with Crippen LogP contribution in [0.2, 0.25) is 0 Å². The maximum Gasteiger partial charge on any atom is 0.237 e. The van der Waals surface area contributed by atoms with E-state index in [0.29, 0.717) is 5.92 Å². The number of hydrogen-bond donors (Lipinski definition) is 2. The van der Waals surface area contributed by atoms with E-state index in [1.807, 2.05) is 0 Å². The van der Waals surface area contributed by atoms with Crippen molar-refractivity contribution in [3.63, 3.8) is 0 Å². The minimum atomic E-state index is 0. The highest BCUT2D eigenvalue weighted by Crippen LogP contribution is 2.20. The smallest absolute Gasteiger partial charge is 0.237 e. The fourth-order valence-electron chi connectivity index (χ4n) is 4.24. The zero-order valence-corrected chi connectivity index (χ0v) is 19.7. The lowest BCUT2D eigenvalue weighted by Crippen LogP contribution is -2.45. The number of likely N-dealkylation sites (tertiary alicyclic amines) is 1. The van der Waals surface area contributed by atoms with Gasteiger partial charge >= 0.3 is 0 Å². The van der Waals surface area contributed by atoms with E-state index in [0.717, 1.165) is 52.0 Å². The van der Waals surface area contributed by atoms with Crippen LogP contribution in [0.5, 0.6) is 0 Å². The van der Waals surface area contributed by atoms with Crippen molar-refractivity contribution in [3.05, 3.63) is 52.0 Å². The Morgan fingerprint density at radius 2 is 2.03 bits per heavy atom. The molecule has 8 heteroatoms. The molecule has 2 aromatic rings. The number of aromatic nitrogens is 1. The molecule has 30 heavy (non-hydrogen) atoms. The van der Waals surface area contributed by atoms with Crippen molar-refractivity contribution in [3.8, 4) is 0 Å². The second-order valence-electron chi connectivity index (χ2n) is 8.03. The molecule has 2 aliphatic rings. The predicted octanol–water partition coefficient (Wildman–Crippen LogP) is 3.66. The Bertz CT molecular complexity index is 768. The van der Waals surface area contributed by atoms with Gasteiger partial charge in [-0.25, -0.2) is 4.98 Å². The Labute approximate surface area is 195 Å². The molecule has 4 rings (SSSR count). The molecule has 2 aliphatic heterocycles. The summed E-state index contributed by atoms with van der Waals surface area (Å²) < 4.78 is 0. The summed E-state index contributed by atoms with van der Waals surface area (Å²) in [5.74, 6) is 0.723. The summed E-state index contributed by atoms with van der Waals surface area (Å²) in [6, 6.07) is 10.6. The largest absolute Gasteiger partial charge is 0.354 e. The first kappa shape index (κ1) is 25.1. The Kier molecular flexibility index (Phi) is 10.6. The highest BCUT2D eigenvalue weighted by Gasteiger charge is 2.25. The second kappa shape index (κ2) is 12.6. The van der Waals surface area contributed by atoms with E-state index < -0.39 is 0 Å². The number of benzene rings is 1. The minimum absolute atomic E-state index is 0. The molecule has 2 unspecified atom stereocenters. The number of piperidine rings is 1. The second-order valence-corrected chi connectivity index (χ2v) is 8.98. The van der Waals surface area contributed by atoms with E-state index in [4.69, 9.17) is 4.98 Å². The average Bonchev–Trinajstić information content (AvgIpc) is 3.40. The summed E-state index contributed by atoms with van der Waals surface area (Å²) in [4.78, 5) is 19.6. The molecule has 3 heterocycles. The van der Waals surface area contributed by atoms with E-state index in [9.17, 15) is 4.79 Å². The zero-order chi connectivity index (χ0) is 19.2. The van der Waals surface area contributed by atoms with Crippen LogP contribution in [0.4, 0.5) is 0 Å². The van der Waals surface area contributed by atoms with E-state index in [1.165, 1.54) is 29.1 Å². The van der Waals surface area contributed by atoms with Crippen molar-refractivity contribution in [1.29, 1.82) is 0 Å². The highest BCUT2D eigenvalue weighted by molar-refractivity contribution is 7.09. The molecule has 5 nitrogen and oxygen atoms in total. The van der Waals surface area contributed by atoms with Gasteiger partial charge in [0.15, 0.2) is 0 Å². The summed E-state index contributed by atoms with van der Waals surface area (Å²) in [5, 5.41) is 9.83. The molecular formula is C22H32Cl2N4OS. The average molecular weight is 471 g/mol. The molecule has 0 bridgehead atoms. The van der Waals surface area contributed by atoms with Crippen LogP contribution in [-0.2, 0) is 17.8 Å². The Balaban J connectivity index is 0.00000160. The summed E-state index contributed by atoms with van der Waals surface area (Å²) in [6.07, 6.45) is 5.39. The first-order chi connectivity index (χ1) is 13.8. The lowest BCUT2D eigenvalue weighted by molar-refractivity contribution is -0.123. The lowest BCUT2D eigenvalue weighted by atomic mass is 9.97. The van der Waals surface area contributed by atoms with Crippen LogP contribution in [0.3, 0.4) is 0 Å². The molecule has 2 N–H and O–H groups in total. The van der Waals surface area contributed by atoms with Gasteiger partial charge in [-0.1, -0.05) is 30.3 Å². The lowest BCUT2D eigenvalue weighted by Gasteiger charge is -2.32. The molecule has 2 atom stereocenters. The first-order valence-electron chi connectivity index (χ1n) is 10.5. The Morgan fingerprint density at radius 3 is 2.80 bits per heavy atom. The number of carbonyl (C=O) groups is 1. The fraction of sp³-hybridized carbons (Fsp3) is 0.545. The summed E-state index contributed by atoms with van der Waals surface area (Å²) >= 11 is 1.76. The maximum absolute atomic E-state index is 12.2. The van der Waals surface area contributed by atoms with Crippen molar-refractivity contribution >= 4 is 42.1 Å². The van der Waals surface area contributed by atoms with Gasteiger partial charge in [0.05, 0.1) is 16.7 Å². The molecule has 166 valence electrons. The van der Waals surface area contributed by atoms with Gasteiger partial charge in [-0.3, -0.25) is 9.69 Å². The van der Waals surface area contributed by atoms with Crippen molar-refractivity contribution < 1.29 is 4.79 Å². The standard InChI is InChI=1S/C22H30N4OS.2ClH/c27-22(20-9-4-10-23-20)24-13-18-8-5-11-26(14-18)15-19-16-28-21(25-19)12-17-6-2-1-3-7-17;;/h1-3,6-7,16,18,20,23H,4-5,8-15H2,(H,24,27);2*1H. The third kappa shape index (κ3) is 7.20. The van der Waals surface area contributed by atoms with E-state index in [1.54, 1.807) is 11.3 Å². The number of rotatable bonds is 7. The quantitative estimate of drug-likeness (QED) is 0.647. The van der Waals surface area contributed by atoms with Gasteiger partial charge < -0.3 is 10.6 Å². The van der Waals surface area contributed by atoms with Crippen molar-refractivity contribution in [2.75, 3.05) is 26.2 Å². The third-order valence-corrected chi connectivity index (χ3v) is 6.63. The number of nitrogens with zero attached hydrogens (tertiary/aromatic N) is 2. The van der Waals surface area contributed by atoms with Crippen molar-refractivity contribution in [1.82, 2.24) is 20.5 Å². The summed E-state index contributed by atoms with van der Waals surface area (Å²) in [6.45, 7) is 4.85. The molecule has 0 saturated carbocycles.